The van der Waals surface area contributed by atoms with Crippen molar-refractivity contribution in [2.45, 2.75) is 88.3 Å². The van der Waals surface area contributed by atoms with Gasteiger partial charge in [0.1, 0.15) is 0 Å². The van der Waals surface area contributed by atoms with Gasteiger partial charge in [-0.05, 0) is 162 Å². The summed E-state index contributed by atoms with van der Waals surface area (Å²) in [4.78, 5) is 28.1. The zero-order valence-corrected chi connectivity index (χ0v) is 65.7. The molecule has 0 amide bonds. The molecule has 114 heavy (non-hydrogen) atoms. The predicted octanol–water partition coefficient (Wildman–Crippen LogP) is 24.1. The molecule has 0 spiro atoms. The molecule has 21 rings (SSSR count). The van der Waals surface area contributed by atoms with Gasteiger partial charge in [-0.1, -0.05) is 373 Å². The number of hydrogen-bond acceptors (Lipinski definition) is 8. The van der Waals surface area contributed by atoms with Crippen LogP contribution in [-0.2, 0) is 31.0 Å². The van der Waals surface area contributed by atoms with E-state index in [9.17, 15) is 0 Å². The molecule has 4 aliphatic carbocycles. The lowest BCUT2D eigenvalue weighted by atomic mass is 9.65. The summed E-state index contributed by atoms with van der Waals surface area (Å²) in [6.45, 7) is 17.9. The molecule has 550 valence electrons. The van der Waals surface area contributed by atoms with E-state index in [-0.39, 0.29) is 16.1 Å². The van der Waals surface area contributed by atoms with E-state index >= 15 is 0 Å². The van der Waals surface area contributed by atoms with E-state index in [2.05, 4.69) is 325 Å². The van der Waals surface area contributed by atoms with Crippen LogP contribution in [0.5, 0.6) is 0 Å². The third-order valence-electron chi connectivity index (χ3n) is 24.7. The van der Waals surface area contributed by atoms with E-state index in [1.54, 1.807) is 0 Å². The van der Waals surface area contributed by atoms with E-state index in [0.717, 1.165) is 33.3 Å². The van der Waals surface area contributed by atoms with E-state index < -0.39 is 29.2 Å². The molecule has 16 aromatic rings. The van der Waals surface area contributed by atoms with Gasteiger partial charge in [-0.25, -0.2) is 19.9 Å². The molecule has 0 N–H and O–H groups in total. The van der Waals surface area contributed by atoms with E-state index in [1.807, 2.05) is 97.1 Å². The molecule has 1 saturated heterocycles. The van der Waals surface area contributed by atoms with Gasteiger partial charge in [-0.15, -0.1) is 0 Å². The van der Waals surface area contributed by atoms with E-state index in [0.29, 0.717) is 29.1 Å². The molecule has 0 bridgehead atoms. The van der Waals surface area contributed by atoms with Crippen molar-refractivity contribution in [2.75, 3.05) is 0 Å². The number of nitrogens with zero attached hydrogens (tertiary/aromatic N) is 6. The largest absolute Gasteiger partial charge is 0.494 e. The highest BCUT2D eigenvalue weighted by molar-refractivity contribution is 6.62. The Morgan fingerprint density at radius 3 is 0.895 bits per heavy atom. The Hall–Kier alpha value is -12.6. The number of benzene rings is 14. The van der Waals surface area contributed by atoms with Crippen LogP contribution in [0.1, 0.15) is 122 Å². The van der Waals surface area contributed by atoms with Crippen LogP contribution in [0.25, 0.3) is 101 Å². The average molecular weight is 1490 g/mol. The van der Waals surface area contributed by atoms with Gasteiger partial charge in [0.2, 0.25) is 5.28 Å². The van der Waals surface area contributed by atoms with Crippen molar-refractivity contribution < 1.29 is 9.31 Å². The van der Waals surface area contributed by atoms with Gasteiger partial charge in [0.15, 0.2) is 29.1 Å². The van der Waals surface area contributed by atoms with Gasteiger partial charge in [0.05, 0.1) is 22.0 Å². The third-order valence-corrected chi connectivity index (χ3v) is 24.9. The van der Waals surface area contributed by atoms with Crippen molar-refractivity contribution in [1.82, 2.24) is 29.9 Å². The maximum absolute atomic E-state index is 6.57. The summed E-state index contributed by atoms with van der Waals surface area (Å²) < 4.78 is 13.1. The van der Waals surface area contributed by atoms with Crippen molar-refractivity contribution in [1.29, 1.82) is 0 Å². The third kappa shape index (κ3) is 11.7. The van der Waals surface area contributed by atoms with Crippen molar-refractivity contribution >= 4 is 24.2 Å². The summed E-state index contributed by atoms with van der Waals surface area (Å²) in [5.74, 6) is 3.13. The van der Waals surface area contributed by atoms with Crippen molar-refractivity contribution in [3.05, 3.63) is 424 Å². The standard InChI is InChI=1S/C49H35N3.C40H37BO2.C15H10ClN3/c1-48(2)41-24-14-12-22-37(41)39-29-27-36(31-43(39)48)49(35-20-10-5-11-21-35)42-25-15-13-23-38(42)40-28-26-34(30-44(40)49)47-51-45(32-16-6-3-7-17-32)50-46(52-47)33-18-8-4-9-19-33;1-37(2)33-18-12-10-16-29(33)31-22-20-27(24-35(31)37)40(26-14-8-7-9-15-26)34-19-13-11-17-30(34)32-23-21-28(25-36(32)40)41-42-38(3,4)39(5,6)43-41;16-15-18-13(11-7-3-1-4-8-11)17-14(19-15)12-9-5-2-6-10-12/h3-31H,1-2H3;7-25H,1-6H3;1-10H. The highest BCUT2D eigenvalue weighted by Crippen LogP contribution is 2.61. The van der Waals surface area contributed by atoms with E-state index in [1.165, 1.54) is 111 Å². The predicted molar refractivity (Wildman–Crippen MR) is 464 cm³/mol. The molecule has 2 atom stereocenters. The minimum absolute atomic E-state index is 0.0920. The first kappa shape index (κ1) is 71.7. The summed E-state index contributed by atoms with van der Waals surface area (Å²) in [7, 11) is -0.430. The Kier molecular flexibility index (Phi) is 17.6. The van der Waals surface area contributed by atoms with E-state index in [4.69, 9.17) is 35.9 Å². The lowest BCUT2D eigenvalue weighted by Crippen LogP contribution is -2.41. The summed E-state index contributed by atoms with van der Waals surface area (Å²) in [6, 6.07) is 126. The second kappa shape index (κ2) is 27.9. The molecular formula is C104H82BClN6O2. The summed E-state index contributed by atoms with van der Waals surface area (Å²) >= 11 is 5.99. The number of halogens is 1. The van der Waals surface area contributed by atoms with Gasteiger partial charge >= 0.3 is 7.12 Å². The minimum atomic E-state index is -0.569. The van der Waals surface area contributed by atoms with Crippen molar-refractivity contribution in [3.63, 3.8) is 0 Å². The van der Waals surface area contributed by atoms with Crippen LogP contribution in [0, 0.1) is 0 Å². The molecule has 5 aliphatic rings. The zero-order chi connectivity index (χ0) is 77.7. The molecule has 10 heteroatoms. The number of rotatable bonds is 10. The summed E-state index contributed by atoms with van der Waals surface area (Å²) in [5, 5.41) is 0.202. The van der Waals surface area contributed by atoms with Crippen LogP contribution in [0.15, 0.2) is 352 Å². The SMILES string of the molecule is CC1(C)c2ccccc2-c2ccc(C3(c4ccccc4)c4ccccc4-c4ccc(-c5nc(-c6ccccc6)nc(-c6ccccc6)n5)cc43)cc21.CC1(C)c2ccccc2-c2ccc(C3(c4ccccc4)c4ccccc4-c4ccc(B5OC(C)(C)C(C)(C)O5)cc43)cc21.Clc1nc(-c2ccccc2)nc(-c2ccccc2)n1. The van der Waals surface area contributed by atoms with Crippen LogP contribution in [0.3, 0.4) is 0 Å². The summed E-state index contributed by atoms with van der Waals surface area (Å²) in [6.07, 6.45) is 0. The Labute approximate surface area is 672 Å². The van der Waals surface area contributed by atoms with Crippen LogP contribution in [0.2, 0.25) is 5.28 Å². The average Bonchev–Trinajstić information content (AvgIpc) is 1.53. The first-order valence-corrected chi connectivity index (χ1v) is 39.6. The Balaban J connectivity index is 0.000000126. The quantitative estimate of drug-likeness (QED) is 0.125. The highest BCUT2D eigenvalue weighted by Gasteiger charge is 2.54. The van der Waals surface area contributed by atoms with Gasteiger partial charge in [0, 0.05) is 38.6 Å². The molecule has 1 fully saturated rings. The second-order valence-electron chi connectivity index (χ2n) is 32.4. The number of fused-ring (bicyclic) bond motifs is 12. The van der Waals surface area contributed by atoms with Crippen LogP contribution in [-0.4, -0.2) is 48.2 Å². The van der Waals surface area contributed by atoms with Gasteiger partial charge in [-0.3, -0.25) is 0 Å². The van der Waals surface area contributed by atoms with Crippen molar-refractivity contribution in [3.8, 4) is 101 Å². The fourth-order valence-electron chi connectivity index (χ4n) is 18.4. The monoisotopic (exact) mass is 1490 g/mol. The van der Waals surface area contributed by atoms with Gasteiger partial charge in [-0.2, -0.15) is 9.97 Å². The number of hydrogen-bond donors (Lipinski definition) is 0. The van der Waals surface area contributed by atoms with Crippen LogP contribution in [0.4, 0.5) is 0 Å². The molecule has 1 aliphatic heterocycles. The van der Waals surface area contributed by atoms with Crippen LogP contribution >= 0.6 is 11.6 Å². The smallest absolute Gasteiger partial charge is 0.399 e. The summed E-state index contributed by atoms with van der Waals surface area (Å²) in [5.41, 5.74) is 29.7. The molecule has 2 aromatic heterocycles. The lowest BCUT2D eigenvalue weighted by molar-refractivity contribution is 0.00578. The van der Waals surface area contributed by atoms with Crippen LogP contribution < -0.4 is 5.46 Å². The molecule has 2 unspecified atom stereocenters. The molecule has 14 aromatic carbocycles. The fourth-order valence-corrected chi connectivity index (χ4v) is 18.6. The Bertz CT molecular complexity index is 6270. The first-order valence-electron chi connectivity index (χ1n) is 39.3. The zero-order valence-electron chi connectivity index (χ0n) is 64.9. The lowest BCUT2D eigenvalue weighted by Gasteiger charge is -2.35. The molecule has 0 saturated carbocycles. The number of aromatic nitrogens is 6. The normalized spacial score (nSPS) is 17.3. The second-order valence-corrected chi connectivity index (χ2v) is 32.7. The maximum Gasteiger partial charge on any atom is 0.494 e. The van der Waals surface area contributed by atoms with Crippen molar-refractivity contribution in [2.24, 2.45) is 0 Å². The Morgan fingerprint density at radius 2 is 0.509 bits per heavy atom. The minimum Gasteiger partial charge on any atom is -0.399 e. The molecule has 8 nitrogen and oxygen atoms in total. The topological polar surface area (TPSA) is 95.8 Å². The first-order chi connectivity index (χ1) is 55.4. The maximum atomic E-state index is 6.57. The van der Waals surface area contributed by atoms with Gasteiger partial charge in [0.25, 0.3) is 0 Å². The highest BCUT2D eigenvalue weighted by atomic mass is 35.5. The molecule has 0 radical (unpaired) electrons. The molecule has 3 heterocycles. The Morgan fingerprint density at radius 1 is 0.228 bits per heavy atom. The molecular weight excluding hydrogens is 1410 g/mol. The van der Waals surface area contributed by atoms with Gasteiger partial charge < -0.3 is 9.31 Å². The fraction of sp³-hybridized carbons (Fsp3) is 0.135.